The van der Waals surface area contributed by atoms with Crippen LogP contribution in [0.5, 0.6) is 11.6 Å². The van der Waals surface area contributed by atoms with Crippen molar-refractivity contribution in [2.45, 2.75) is 6.92 Å². The Morgan fingerprint density at radius 3 is 2.42 bits per heavy atom. The fraction of sp³-hybridized carbons (Fsp3) is 0.0968. The van der Waals surface area contributed by atoms with Crippen molar-refractivity contribution < 1.29 is 9.47 Å². The third-order valence-corrected chi connectivity index (χ3v) is 7.60. The van der Waals surface area contributed by atoms with Crippen LogP contribution in [-0.4, -0.2) is 28.3 Å². The number of rotatable bonds is 6. The molecule has 3 heterocycles. The number of thiophene rings is 1. The lowest BCUT2D eigenvalue weighted by atomic mass is 9.98. The summed E-state index contributed by atoms with van der Waals surface area (Å²) in [5, 5.41) is 11.7. The number of aromatic nitrogens is 3. The van der Waals surface area contributed by atoms with E-state index in [1.165, 1.54) is 11.3 Å². The van der Waals surface area contributed by atoms with Gasteiger partial charge in [0.2, 0.25) is 11.5 Å². The summed E-state index contributed by atoms with van der Waals surface area (Å²) in [5.74, 6) is 1.07. The summed E-state index contributed by atoms with van der Waals surface area (Å²) >= 11 is 7.62. The first-order chi connectivity index (χ1) is 19.6. The van der Waals surface area contributed by atoms with Gasteiger partial charge in [0, 0.05) is 27.9 Å². The van der Waals surface area contributed by atoms with E-state index in [1.54, 1.807) is 19.2 Å². The van der Waals surface area contributed by atoms with Crippen LogP contribution in [0.1, 0.15) is 12.5 Å². The predicted molar refractivity (Wildman–Crippen MR) is 159 cm³/mol. The van der Waals surface area contributed by atoms with E-state index in [-0.39, 0.29) is 0 Å². The maximum absolute atomic E-state index is 10.2. The Hall–Kier alpha value is -4.71. The number of hydrogen-bond donors (Lipinski definition) is 0. The van der Waals surface area contributed by atoms with E-state index in [0.29, 0.717) is 39.9 Å². The molecule has 0 unspecified atom stereocenters. The normalized spacial score (nSPS) is 11.6. The van der Waals surface area contributed by atoms with Gasteiger partial charge in [-0.3, -0.25) is 4.57 Å². The van der Waals surface area contributed by atoms with Gasteiger partial charge in [-0.05, 0) is 61.0 Å². The summed E-state index contributed by atoms with van der Waals surface area (Å²) in [4.78, 5) is 15.5. The van der Waals surface area contributed by atoms with Crippen LogP contribution in [0.15, 0.2) is 90.1 Å². The van der Waals surface area contributed by atoms with Crippen molar-refractivity contribution >= 4 is 49.1 Å². The summed E-state index contributed by atoms with van der Waals surface area (Å²) in [5.41, 5.74) is 4.76. The lowest BCUT2D eigenvalue weighted by Crippen LogP contribution is -2.22. The first-order valence-corrected chi connectivity index (χ1v) is 13.7. The molecular formula is C31H22ClN5O2S. The molecule has 196 valence electrons. The molecule has 3 aromatic carbocycles. The van der Waals surface area contributed by atoms with Crippen LogP contribution >= 0.6 is 22.9 Å². The third kappa shape index (κ3) is 4.66. The average Bonchev–Trinajstić information content (AvgIpc) is 3.34. The number of halogens is 1. The van der Waals surface area contributed by atoms with E-state index in [0.717, 1.165) is 37.5 Å². The zero-order valence-corrected chi connectivity index (χ0v) is 23.2. The molecule has 0 spiro atoms. The predicted octanol–water partition coefficient (Wildman–Crippen LogP) is 7.47. The number of pyridine rings is 1. The van der Waals surface area contributed by atoms with Gasteiger partial charge in [0.05, 0.1) is 29.6 Å². The second-order valence-electron chi connectivity index (χ2n) is 8.77. The maximum Gasteiger partial charge on any atom is 0.235 e. The van der Waals surface area contributed by atoms with Crippen LogP contribution in [0, 0.1) is 11.3 Å². The molecule has 9 heteroatoms. The summed E-state index contributed by atoms with van der Waals surface area (Å²) < 4.78 is 14.0. The molecule has 7 nitrogen and oxygen atoms in total. The highest BCUT2D eigenvalue weighted by Crippen LogP contribution is 2.42. The van der Waals surface area contributed by atoms with Gasteiger partial charge in [0.25, 0.3) is 0 Å². The molecule has 0 radical (unpaired) electrons. The Labute approximate surface area is 239 Å². The van der Waals surface area contributed by atoms with Gasteiger partial charge in [-0.1, -0.05) is 41.9 Å². The van der Waals surface area contributed by atoms with Crippen molar-refractivity contribution in [3.05, 3.63) is 101 Å². The van der Waals surface area contributed by atoms with Gasteiger partial charge in [0.15, 0.2) is 0 Å². The minimum Gasteiger partial charge on any atom is -0.497 e. The largest absolute Gasteiger partial charge is 0.497 e. The molecule has 0 aliphatic carbocycles. The van der Waals surface area contributed by atoms with Gasteiger partial charge in [0.1, 0.15) is 22.2 Å². The Morgan fingerprint density at radius 2 is 1.75 bits per heavy atom. The minimum atomic E-state index is 0.317. The number of methoxy groups -OCH3 is 1. The zero-order valence-electron chi connectivity index (χ0n) is 21.6. The summed E-state index contributed by atoms with van der Waals surface area (Å²) in [6.07, 6.45) is 2.01. The van der Waals surface area contributed by atoms with E-state index in [1.807, 2.05) is 84.4 Å². The van der Waals surface area contributed by atoms with Crippen LogP contribution < -0.4 is 15.1 Å². The first-order valence-electron chi connectivity index (χ1n) is 12.5. The maximum atomic E-state index is 10.2. The van der Waals surface area contributed by atoms with Gasteiger partial charge >= 0.3 is 0 Å². The summed E-state index contributed by atoms with van der Waals surface area (Å²) in [6, 6.07) is 27.1. The number of ether oxygens (including phenoxy) is 2. The second kappa shape index (κ2) is 10.8. The van der Waals surface area contributed by atoms with Gasteiger partial charge in [-0.2, -0.15) is 5.26 Å². The molecule has 0 amide bonds. The van der Waals surface area contributed by atoms with Crippen molar-refractivity contribution in [2.75, 3.05) is 13.7 Å². The lowest BCUT2D eigenvalue weighted by Gasteiger charge is -2.12. The van der Waals surface area contributed by atoms with Crippen LogP contribution in [-0.2, 0) is 0 Å². The fourth-order valence-corrected chi connectivity index (χ4v) is 5.69. The molecule has 0 saturated heterocycles. The van der Waals surface area contributed by atoms with Crippen molar-refractivity contribution in [1.29, 1.82) is 5.26 Å². The monoisotopic (exact) mass is 563 g/mol. The smallest absolute Gasteiger partial charge is 0.235 e. The Bertz CT molecular complexity index is 1960. The van der Waals surface area contributed by atoms with Crippen molar-refractivity contribution in [3.63, 3.8) is 0 Å². The number of fused-ring (bicyclic) bond motifs is 3. The number of benzene rings is 3. The van der Waals surface area contributed by atoms with Gasteiger partial charge in [-0.25, -0.2) is 15.0 Å². The number of nitriles is 1. The third-order valence-electron chi connectivity index (χ3n) is 6.34. The zero-order chi connectivity index (χ0) is 27.6. The van der Waals surface area contributed by atoms with E-state index < -0.39 is 0 Å². The number of hydrogen-bond acceptors (Lipinski definition) is 7. The minimum absolute atomic E-state index is 0.317. The van der Waals surface area contributed by atoms with E-state index in [4.69, 9.17) is 36.0 Å². The van der Waals surface area contributed by atoms with Crippen molar-refractivity contribution in [3.8, 4) is 34.5 Å². The second-order valence-corrected chi connectivity index (χ2v) is 10.2. The molecule has 0 atom stereocenters. The first kappa shape index (κ1) is 25.6. The SMILES string of the molecule is CCOc1nc2sc3cn(-c4ccc(OC)cc4)c(=Nc4ccc(Cl)cc4)nc3c2c(-c2ccccc2)c1C#N. The van der Waals surface area contributed by atoms with Crippen molar-refractivity contribution in [1.82, 2.24) is 14.5 Å². The molecule has 0 bridgehead atoms. The van der Waals surface area contributed by atoms with Crippen molar-refractivity contribution in [2.24, 2.45) is 4.99 Å². The lowest BCUT2D eigenvalue weighted by molar-refractivity contribution is 0.327. The quantitative estimate of drug-likeness (QED) is 0.210. The van der Waals surface area contributed by atoms with Crippen LogP contribution in [0.3, 0.4) is 0 Å². The highest BCUT2D eigenvalue weighted by molar-refractivity contribution is 7.25. The molecule has 6 rings (SSSR count). The summed E-state index contributed by atoms with van der Waals surface area (Å²) in [7, 11) is 1.64. The molecule has 0 fully saturated rings. The molecule has 6 aromatic rings. The highest BCUT2D eigenvalue weighted by atomic mass is 35.5. The molecule has 3 aromatic heterocycles. The Kier molecular flexibility index (Phi) is 6.91. The average molecular weight is 564 g/mol. The molecule has 0 aliphatic heterocycles. The molecule has 40 heavy (non-hydrogen) atoms. The Morgan fingerprint density at radius 1 is 1.00 bits per heavy atom. The molecular weight excluding hydrogens is 542 g/mol. The van der Waals surface area contributed by atoms with E-state index >= 15 is 0 Å². The van der Waals surface area contributed by atoms with Gasteiger partial charge in [-0.15, -0.1) is 11.3 Å². The standard InChI is InChI=1S/C31H22ClN5O2S/c1-3-39-29-24(17-33)26(19-7-5-4-6-8-19)27-28-25(40-30(27)36-29)18-37(22-13-15-23(38-2)16-14-22)31(35-28)34-21-11-9-20(32)10-12-21/h4-16,18H,3H2,1-2H3. The van der Waals surface area contributed by atoms with Crippen LogP contribution in [0.2, 0.25) is 5.02 Å². The molecule has 0 N–H and O–H groups in total. The van der Waals surface area contributed by atoms with E-state index in [2.05, 4.69) is 6.07 Å². The van der Waals surface area contributed by atoms with Gasteiger partial charge < -0.3 is 9.47 Å². The van der Waals surface area contributed by atoms with Crippen LogP contribution in [0.25, 0.3) is 37.2 Å². The number of nitrogens with zero attached hydrogens (tertiary/aromatic N) is 5. The molecule has 0 saturated carbocycles. The Balaban J connectivity index is 1.72. The summed E-state index contributed by atoms with van der Waals surface area (Å²) in [6.45, 7) is 2.27. The fourth-order valence-electron chi connectivity index (χ4n) is 4.52. The molecule has 0 aliphatic rings. The van der Waals surface area contributed by atoms with Crippen LogP contribution in [0.4, 0.5) is 5.69 Å². The topological polar surface area (TPSA) is 85.3 Å². The van der Waals surface area contributed by atoms with E-state index in [9.17, 15) is 5.26 Å². The highest BCUT2D eigenvalue weighted by Gasteiger charge is 2.23.